The van der Waals surface area contributed by atoms with Crippen molar-refractivity contribution in [1.29, 1.82) is 0 Å². The van der Waals surface area contributed by atoms with Crippen LogP contribution in [0.1, 0.15) is 65.5 Å². The lowest BCUT2D eigenvalue weighted by Gasteiger charge is -2.21. The number of ether oxygens (including phenoxy) is 2. The molecule has 1 aromatic rings. The zero-order chi connectivity index (χ0) is 20.8. The lowest BCUT2D eigenvalue weighted by atomic mass is 10.0. The summed E-state index contributed by atoms with van der Waals surface area (Å²) in [6, 6.07) is 6.11. The molecule has 2 atom stereocenters. The average Bonchev–Trinajstić information content (AvgIpc) is 2.68. The normalized spacial score (nSPS) is 13.7. The summed E-state index contributed by atoms with van der Waals surface area (Å²) in [4.78, 5) is 4.75. The number of aliphatic hydroxyl groups excluding tert-OH is 1. The minimum Gasteiger partial charge on any atom is -0.490 e. The number of hydrogen-bond acceptors (Lipinski definition) is 4. The fourth-order valence-corrected chi connectivity index (χ4v) is 3.08. The fourth-order valence-electron chi connectivity index (χ4n) is 3.08. The summed E-state index contributed by atoms with van der Waals surface area (Å²) in [7, 11) is 0. The quantitative estimate of drug-likeness (QED) is 0.350. The first kappa shape index (κ1) is 24.1. The van der Waals surface area contributed by atoms with Gasteiger partial charge in [-0.1, -0.05) is 19.4 Å². The number of nitrogens with zero attached hydrogens (tertiary/aromatic N) is 1. The highest BCUT2D eigenvalue weighted by atomic mass is 16.5. The molecule has 0 saturated heterocycles. The number of benzene rings is 1. The number of hydrogen-bond donors (Lipinski definition) is 3. The smallest absolute Gasteiger partial charge is 0.191 e. The Bertz CT molecular complexity index is 572. The molecule has 3 N–H and O–H groups in total. The minimum absolute atomic E-state index is 0.0650. The van der Waals surface area contributed by atoms with E-state index in [4.69, 9.17) is 14.5 Å². The predicted molar refractivity (Wildman–Crippen MR) is 116 cm³/mol. The summed E-state index contributed by atoms with van der Waals surface area (Å²) in [6.07, 6.45) is 2.98. The van der Waals surface area contributed by atoms with E-state index >= 15 is 0 Å². The van der Waals surface area contributed by atoms with Crippen LogP contribution in [0.15, 0.2) is 23.2 Å². The first-order valence-corrected chi connectivity index (χ1v) is 10.6. The lowest BCUT2D eigenvalue weighted by molar-refractivity contribution is 0.253. The Morgan fingerprint density at radius 2 is 1.79 bits per heavy atom. The average molecular weight is 394 g/mol. The third-order valence-electron chi connectivity index (χ3n) is 4.51. The van der Waals surface area contributed by atoms with Gasteiger partial charge in [-0.25, -0.2) is 0 Å². The highest BCUT2D eigenvalue weighted by molar-refractivity contribution is 5.80. The van der Waals surface area contributed by atoms with Gasteiger partial charge in [0.2, 0.25) is 0 Å². The molecule has 0 heterocycles. The van der Waals surface area contributed by atoms with Gasteiger partial charge in [0.1, 0.15) is 0 Å². The van der Waals surface area contributed by atoms with Gasteiger partial charge in [0.25, 0.3) is 0 Å². The number of aliphatic hydroxyl groups is 1. The summed E-state index contributed by atoms with van der Waals surface area (Å²) in [5.41, 5.74) is 1.11. The maximum atomic E-state index is 9.25. The van der Waals surface area contributed by atoms with Gasteiger partial charge in [0, 0.05) is 19.7 Å². The van der Waals surface area contributed by atoms with E-state index in [1.54, 1.807) is 0 Å². The molecule has 1 aromatic carbocycles. The number of nitrogens with one attached hydrogen (secondary N) is 2. The first-order chi connectivity index (χ1) is 13.6. The second kappa shape index (κ2) is 14.1. The molecule has 0 bridgehead atoms. The van der Waals surface area contributed by atoms with E-state index in [9.17, 15) is 5.11 Å². The molecule has 0 aliphatic carbocycles. The van der Waals surface area contributed by atoms with Crippen molar-refractivity contribution in [2.24, 2.45) is 10.9 Å². The van der Waals surface area contributed by atoms with E-state index in [2.05, 4.69) is 37.5 Å². The van der Waals surface area contributed by atoms with Crippen LogP contribution in [0.5, 0.6) is 11.5 Å². The molecule has 0 radical (unpaired) electrons. The van der Waals surface area contributed by atoms with Crippen molar-refractivity contribution in [3.05, 3.63) is 23.8 Å². The molecule has 6 heteroatoms. The van der Waals surface area contributed by atoms with Gasteiger partial charge in [-0.3, -0.25) is 4.99 Å². The molecule has 28 heavy (non-hydrogen) atoms. The van der Waals surface area contributed by atoms with Crippen LogP contribution in [0.25, 0.3) is 0 Å². The molecule has 0 saturated carbocycles. The van der Waals surface area contributed by atoms with E-state index in [1.165, 1.54) is 0 Å². The van der Waals surface area contributed by atoms with Crippen LogP contribution < -0.4 is 20.1 Å². The van der Waals surface area contributed by atoms with E-state index < -0.39 is 0 Å². The zero-order valence-corrected chi connectivity index (χ0v) is 18.3. The van der Waals surface area contributed by atoms with Crippen LogP contribution in [0.2, 0.25) is 0 Å². The highest BCUT2D eigenvalue weighted by Crippen LogP contribution is 2.30. The monoisotopic (exact) mass is 393 g/mol. The topological polar surface area (TPSA) is 75.1 Å². The van der Waals surface area contributed by atoms with Crippen LogP contribution in [0, 0.1) is 5.92 Å². The van der Waals surface area contributed by atoms with Crippen LogP contribution in [-0.2, 0) is 0 Å². The van der Waals surface area contributed by atoms with Gasteiger partial charge in [0.15, 0.2) is 17.5 Å². The molecular formula is C22H39N3O3. The Morgan fingerprint density at radius 1 is 1.07 bits per heavy atom. The zero-order valence-electron chi connectivity index (χ0n) is 18.3. The highest BCUT2D eigenvalue weighted by Gasteiger charge is 2.13. The van der Waals surface area contributed by atoms with E-state index in [-0.39, 0.29) is 12.6 Å². The molecule has 6 nitrogen and oxygen atoms in total. The second-order valence-corrected chi connectivity index (χ2v) is 6.82. The summed E-state index contributed by atoms with van der Waals surface area (Å²) in [5.74, 6) is 2.74. The van der Waals surface area contributed by atoms with Crippen molar-refractivity contribution in [3.63, 3.8) is 0 Å². The lowest BCUT2D eigenvalue weighted by Crippen LogP contribution is -2.39. The van der Waals surface area contributed by atoms with Crippen molar-refractivity contribution in [1.82, 2.24) is 10.6 Å². The molecular weight excluding hydrogens is 354 g/mol. The third kappa shape index (κ3) is 8.38. The van der Waals surface area contributed by atoms with Crippen LogP contribution in [-0.4, -0.2) is 44.0 Å². The fraction of sp³-hybridized carbons (Fsp3) is 0.682. The Balaban J connectivity index is 2.88. The van der Waals surface area contributed by atoms with Crippen LogP contribution in [0.4, 0.5) is 0 Å². The number of guanidine groups is 1. The summed E-state index contributed by atoms with van der Waals surface area (Å²) in [6.45, 7) is 13.2. The standard InChI is InChI=1S/C22H39N3O3/c1-6-10-18(13-14-26)16-24-22(23-7-2)25-17(5)19-11-12-20(27-8-3)21(15-19)28-9-4/h11-12,15,17-18,26H,6-10,13-14,16H2,1-5H3,(H2,23,24,25). The summed E-state index contributed by atoms with van der Waals surface area (Å²) >= 11 is 0. The SMILES string of the molecule is CCCC(CCO)CN=C(NCC)NC(C)c1ccc(OCC)c(OCC)c1. The Labute approximate surface area is 170 Å². The molecule has 1 rings (SSSR count). The maximum Gasteiger partial charge on any atom is 0.191 e. The van der Waals surface area contributed by atoms with Gasteiger partial charge in [-0.15, -0.1) is 0 Å². The van der Waals surface area contributed by atoms with Crippen molar-refractivity contribution in [2.75, 3.05) is 32.9 Å². The van der Waals surface area contributed by atoms with Crippen molar-refractivity contribution in [3.8, 4) is 11.5 Å². The molecule has 0 aliphatic rings. The molecule has 0 aliphatic heterocycles. The third-order valence-corrected chi connectivity index (χ3v) is 4.51. The molecule has 0 spiro atoms. The maximum absolute atomic E-state index is 9.25. The van der Waals surface area contributed by atoms with Gasteiger partial charge >= 0.3 is 0 Å². The number of rotatable bonds is 13. The van der Waals surface area contributed by atoms with Gasteiger partial charge in [0.05, 0.1) is 19.3 Å². The Hall–Kier alpha value is -1.95. The Morgan fingerprint density at radius 3 is 2.39 bits per heavy atom. The first-order valence-electron chi connectivity index (χ1n) is 10.6. The largest absolute Gasteiger partial charge is 0.490 e. The Kier molecular flexibility index (Phi) is 12.1. The van der Waals surface area contributed by atoms with Crippen LogP contribution >= 0.6 is 0 Å². The van der Waals surface area contributed by atoms with E-state index in [0.717, 1.165) is 48.8 Å². The molecule has 0 aromatic heterocycles. The van der Waals surface area contributed by atoms with E-state index in [0.29, 0.717) is 25.7 Å². The second-order valence-electron chi connectivity index (χ2n) is 6.82. The molecule has 160 valence electrons. The van der Waals surface area contributed by atoms with Gasteiger partial charge in [-0.05, 0) is 64.2 Å². The van der Waals surface area contributed by atoms with Gasteiger partial charge in [-0.2, -0.15) is 0 Å². The van der Waals surface area contributed by atoms with Gasteiger partial charge < -0.3 is 25.2 Å². The molecule has 0 fully saturated rings. The number of aliphatic imine (C=N–C) groups is 1. The minimum atomic E-state index is 0.0650. The molecule has 2 unspecified atom stereocenters. The van der Waals surface area contributed by atoms with E-state index in [1.807, 2.05) is 26.0 Å². The predicted octanol–water partition coefficient (Wildman–Crippen LogP) is 3.90. The van der Waals surface area contributed by atoms with Crippen LogP contribution in [0.3, 0.4) is 0 Å². The summed E-state index contributed by atoms with van der Waals surface area (Å²) < 4.78 is 11.4. The van der Waals surface area contributed by atoms with Crippen molar-refractivity contribution >= 4 is 5.96 Å². The van der Waals surface area contributed by atoms with Crippen molar-refractivity contribution in [2.45, 2.75) is 59.9 Å². The molecule has 0 amide bonds. The summed E-state index contributed by atoms with van der Waals surface area (Å²) in [5, 5.41) is 16.0. The van der Waals surface area contributed by atoms with Crippen molar-refractivity contribution < 1.29 is 14.6 Å².